The van der Waals surface area contributed by atoms with Crippen LogP contribution >= 0.6 is 0 Å². The molecule has 13 heavy (non-hydrogen) atoms. The van der Waals surface area contributed by atoms with E-state index in [1.54, 1.807) is 0 Å². The number of hydroxylamine groups is 1. The first kappa shape index (κ1) is 9.94. The van der Waals surface area contributed by atoms with Crippen molar-refractivity contribution in [3.8, 4) is 0 Å². The second kappa shape index (κ2) is 4.78. The van der Waals surface area contributed by atoms with Crippen LogP contribution in [0, 0.1) is 5.92 Å². The number of nitrogens with two attached hydrogens (primary N) is 1. The molecule has 1 saturated heterocycles. The second-order valence-corrected chi connectivity index (χ2v) is 2.78. The Morgan fingerprint density at radius 2 is 2.38 bits per heavy atom. The van der Waals surface area contributed by atoms with Crippen LogP contribution in [-0.4, -0.2) is 31.6 Å². The molecule has 1 aliphatic rings. The fourth-order valence-corrected chi connectivity index (χ4v) is 1.00. The molecule has 0 saturated carbocycles. The van der Waals surface area contributed by atoms with Crippen LogP contribution in [0.3, 0.4) is 0 Å². The van der Waals surface area contributed by atoms with E-state index in [-0.39, 0.29) is 18.4 Å². The summed E-state index contributed by atoms with van der Waals surface area (Å²) in [5.41, 5.74) is 6.93. The first-order valence-electron chi connectivity index (χ1n) is 3.98. The van der Waals surface area contributed by atoms with Crippen molar-refractivity contribution in [3.63, 3.8) is 0 Å². The Kier molecular flexibility index (Phi) is 3.66. The fraction of sp³-hybridized carbons (Fsp3) is 0.714. The van der Waals surface area contributed by atoms with Gasteiger partial charge in [0.05, 0.1) is 12.5 Å². The molecule has 0 spiro atoms. The summed E-state index contributed by atoms with van der Waals surface area (Å²) in [6, 6.07) is 0. The Labute approximate surface area is 75.3 Å². The predicted octanol–water partition coefficient (Wildman–Crippen LogP) is -1.44. The lowest BCUT2D eigenvalue weighted by Gasteiger charge is -2.07. The molecular formula is C7H12N2O4. The summed E-state index contributed by atoms with van der Waals surface area (Å²) in [5, 5.41) is 0. The molecule has 1 atom stereocenters. The molecule has 0 aliphatic carbocycles. The quantitative estimate of drug-likeness (QED) is 0.528. The van der Waals surface area contributed by atoms with Crippen molar-refractivity contribution in [2.24, 2.45) is 11.7 Å². The molecule has 2 amide bonds. The number of carbonyl (C=O) groups excluding carboxylic acids is 2. The predicted molar refractivity (Wildman–Crippen MR) is 42.2 cm³/mol. The topological polar surface area (TPSA) is 90.7 Å². The van der Waals surface area contributed by atoms with Gasteiger partial charge in [0, 0.05) is 6.61 Å². The third kappa shape index (κ3) is 3.39. The third-order valence-corrected chi connectivity index (χ3v) is 1.69. The number of carbonyl (C=O) groups is 2. The number of primary amides is 1. The normalized spacial score (nSPS) is 21.4. The van der Waals surface area contributed by atoms with Crippen LogP contribution in [0.15, 0.2) is 0 Å². The van der Waals surface area contributed by atoms with Crippen LogP contribution in [0.4, 0.5) is 0 Å². The summed E-state index contributed by atoms with van der Waals surface area (Å²) in [5.74, 6) is -1.06. The largest absolute Gasteiger partial charge is 0.381 e. The lowest BCUT2D eigenvalue weighted by Crippen LogP contribution is -2.34. The maximum atomic E-state index is 11.2. The minimum absolute atomic E-state index is 0.173. The highest BCUT2D eigenvalue weighted by atomic mass is 16.7. The zero-order valence-corrected chi connectivity index (χ0v) is 7.12. The van der Waals surface area contributed by atoms with Crippen molar-refractivity contribution in [1.29, 1.82) is 0 Å². The summed E-state index contributed by atoms with van der Waals surface area (Å²) in [6.45, 7) is 0.693. The standard InChI is InChI=1S/C7H12N2O4/c8-6(10)4-13-9-7(11)5-1-2-12-3-5/h5H,1-4H2,(H2,8,10)(H,9,11). The first-order valence-corrected chi connectivity index (χ1v) is 3.98. The van der Waals surface area contributed by atoms with E-state index in [9.17, 15) is 9.59 Å². The Morgan fingerprint density at radius 3 is 2.92 bits per heavy atom. The fourth-order valence-electron chi connectivity index (χ4n) is 1.00. The van der Waals surface area contributed by atoms with Gasteiger partial charge < -0.3 is 10.5 Å². The van der Waals surface area contributed by atoms with Crippen molar-refractivity contribution in [2.75, 3.05) is 19.8 Å². The molecule has 0 aromatic rings. The van der Waals surface area contributed by atoms with Gasteiger partial charge in [-0.2, -0.15) is 0 Å². The summed E-state index contributed by atoms with van der Waals surface area (Å²) in [6.07, 6.45) is 0.686. The highest BCUT2D eigenvalue weighted by molar-refractivity contribution is 5.78. The molecule has 0 aromatic carbocycles. The average molecular weight is 188 g/mol. The number of hydrogen-bond acceptors (Lipinski definition) is 4. The van der Waals surface area contributed by atoms with Gasteiger partial charge in [-0.15, -0.1) is 0 Å². The molecule has 1 fully saturated rings. The van der Waals surface area contributed by atoms with Gasteiger partial charge in [0.25, 0.3) is 0 Å². The van der Waals surface area contributed by atoms with Crippen LogP contribution in [0.25, 0.3) is 0 Å². The van der Waals surface area contributed by atoms with E-state index < -0.39 is 5.91 Å². The Hall–Kier alpha value is -1.14. The Bertz CT molecular complexity index is 201. The van der Waals surface area contributed by atoms with Crippen LogP contribution in [-0.2, 0) is 19.2 Å². The summed E-state index contributed by atoms with van der Waals surface area (Å²) < 4.78 is 5.00. The molecule has 1 heterocycles. The zero-order valence-electron chi connectivity index (χ0n) is 7.12. The van der Waals surface area contributed by atoms with E-state index in [1.807, 2.05) is 0 Å². The highest BCUT2D eigenvalue weighted by Gasteiger charge is 2.23. The summed E-state index contributed by atoms with van der Waals surface area (Å²) in [4.78, 5) is 25.9. The summed E-state index contributed by atoms with van der Waals surface area (Å²) in [7, 11) is 0. The van der Waals surface area contributed by atoms with Crippen molar-refractivity contribution in [3.05, 3.63) is 0 Å². The van der Waals surface area contributed by atoms with Crippen molar-refractivity contribution < 1.29 is 19.2 Å². The van der Waals surface area contributed by atoms with Gasteiger partial charge >= 0.3 is 0 Å². The highest BCUT2D eigenvalue weighted by Crippen LogP contribution is 2.11. The molecule has 3 N–H and O–H groups in total. The van der Waals surface area contributed by atoms with E-state index in [0.29, 0.717) is 19.6 Å². The average Bonchev–Trinajstić information content (AvgIpc) is 2.55. The lowest BCUT2D eigenvalue weighted by molar-refractivity contribution is -0.141. The minimum Gasteiger partial charge on any atom is -0.381 e. The minimum atomic E-state index is -0.622. The maximum absolute atomic E-state index is 11.2. The number of rotatable bonds is 4. The van der Waals surface area contributed by atoms with Crippen molar-refractivity contribution in [2.45, 2.75) is 6.42 Å². The molecule has 1 unspecified atom stereocenters. The Balaban J connectivity index is 2.13. The van der Waals surface area contributed by atoms with Gasteiger partial charge in [0.2, 0.25) is 11.8 Å². The van der Waals surface area contributed by atoms with Gasteiger partial charge in [-0.1, -0.05) is 0 Å². The molecule has 6 nitrogen and oxygen atoms in total. The second-order valence-electron chi connectivity index (χ2n) is 2.78. The molecule has 1 aliphatic heterocycles. The van der Waals surface area contributed by atoms with E-state index in [4.69, 9.17) is 10.5 Å². The molecule has 0 radical (unpaired) electrons. The van der Waals surface area contributed by atoms with E-state index in [2.05, 4.69) is 10.3 Å². The van der Waals surface area contributed by atoms with Crippen LogP contribution in [0.5, 0.6) is 0 Å². The number of ether oxygens (including phenoxy) is 1. The van der Waals surface area contributed by atoms with E-state index >= 15 is 0 Å². The van der Waals surface area contributed by atoms with Gasteiger partial charge in [-0.25, -0.2) is 5.48 Å². The van der Waals surface area contributed by atoms with E-state index in [1.165, 1.54) is 0 Å². The molecule has 6 heteroatoms. The van der Waals surface area contributed by atoms with Crippen molar-refractivity contribution in [1.82, 2.24) is 5.48 Å². The molecule has 1 rings (SSSR count). The monoisotopic (exact) mass is 188 g/mol. The van der Waals surface area contributed by atoms with Crippen molar-refractivity contribution >= 4 is 11.8 Å². The van der Waals surface area contributed by atoms with Crippen LogP contribution < -0.4 is 11.2 Å². The third-order valence-electron chi connectivity index (χ3n) is 1.69. The van der Waals surface area contributed by atoms with Gasteiger partial charge in [-0.3, -0.25) is 14.4 Å². The van der Waals surface area contributed by atoms with Crippen LogP contribution in [0.2, 0.25) is 0 Å². The van der Waals surface area contributed by atoms with Gasteiger partial charge in [-0.05, 0) is 6.42 Å². The SMILES string of the molecule is NC(=O)CONC(=O)C1CCOC1. The summed E-state index contributed by atoms with van der Waals surface area (Å²) >= 11 is 0. The zero-order chi connectivity index (χ0) is 9.68. The smallest absolute Gasteiger partial charge is 0.249 e. The molecule has 0 aromatic heterocycles. The maximum Gasteiger partial charge on any atom is 0.249 e. The molecular weight excluding hydrogens is 176 g/mol. The first-order chi connectivity index (χ1) is 6.20. The van der Waals surface area contributed by atoms with Gasteiger partial charge in [0.15, 0.2) is 6.61 Å². The lowest BCUT2D eigenvalue weighted by atomic mass is 10.1. The molecule has 0 bridgehead atoms. The number of nitrogens with one attached hydrogen (secondary N) is 1. The van der Waals surface area contributed by atoms with E-state index in [0.717, 1.165) is 0 Å². The number of amides is 2. The number of hydrogen-bond donors (Lipinski definition) is 2. The molecule has 74 valence electrons. The van der Waals surface area contributed by atoms with Gasteiger partial charge in [0.1, 0.15) is 0 Å². The van der Waals surface area contributed by atoms with Crippen LogP contribution in [0.1, 0.15) is 6.42 Å². The Morgan fingerprint density at radius 1 is 1.62 bits per heavy atom.